The van der Waals surface area contributed by atoms with E-state index in [4.69, 9.17) is 30.7 Å². The second-order valence-corrected chi connectivity index (χ2v) is 10.6. The maximum atomic E-state index is 14.9. The van der Waals surface area contributed by atoms with Crippen LogP contribution in [0.4, 0.5) is 4.39 Å². The number of halogens is 1. The zero-order valence-electron chi connectivity index (χ0n) is 20.1. The highest BCUT2D eigenvalue weighted by Crippen LogP contribution is 2.46. The Labute approximate surface area is 212 Å². The number of esters is 1. The second-order valence-electron chi connectivity index (χ2n) is 8.51. The summed E-state index contributed by atoms with van der Waals surface area (Å²) in [6, 6.07) is 6.96. The number of hydrogen-bond donors (Lipinski definition) is 3. The van der Waals surface area contributed by atoms with Crippen molar-refractivity contribution in [3.8, 4) is 5.75 Å². The largest absolute Gasteiger partial charge is 0.462 e. The number of carbonyl (C=O) groups excluding carboxylic acids is 1. The monoisotopic (exact) mass is 545 g/mol. The lowest BCUT2D eigenvalue weighted by Gasteiger charge is -2.25. The number of hydrogen-bond acceptors (Lipinski definition) is 9. The summed E-state index contributed by atoms with van der Waals surface area (Å²) in [6.45, 7) is 5.78. The number of benzene rings is 1. The first-order chi connectivity index (χ1) is 16.9. The molecule has 1 fully saturated rings. The SMILES string of the molecule is Cc1cn([C@H]2O[C@@H](CO[P@@](=O)(N[C@@H](C)C(=O)OC(C)C)Oc3ccccc3)C(O)[C@H]2F)c(=O)[nH]c1=S. The highest BCUT2D eigenvalue weighted by atomic mass is 32.1. The zero-order valence-corrected chi connectivity index (χ0v) is 21.8. The molecule has 36 heavy (non-hydrogen) atoms. The molecule has 2 aromatic rings. The van der Waals surface area contributed by atoms with Gasteiger partial charge in [0.25, 0.3) is 0 Å². The number of H-pyrrole nitrogens is 1. The molecule has 1 aromatic heterocycles. The third kappa shape index (κ3) is 6.87. The number of ether oxygens (including phenoxy) is 2. The lowest BCUT2D eigenvalue weighted by atomic mass is 10.1. The predicted molar refractivity (Wildman–Crippen MR) is 130 cm³/mol. The lowest BCUT2D eigenvalue weighted by Crippen LogP contribution is -2.37. The molecule has 6 atom stereocenters. The van der Waals surface area contributed by atoms with Crippen LogP contribution < -0.4 is 15.3 Å². The van der Waals surface area contributed by atoms with E-state index >= 15 is 0 Å². The van der Waals surface area contributed by atoms with E-state index in [1.165, 1.54) is 25.3 Å². The first kappa shape index (κ1) is 28.2. The summed E-state index contributed by atoms with van der Waals surface area (Å²) >= 11 is 5.00. The Morgan fingerprint density at radius 1 is 1.33 bits per heavy atom. The summed E-state index contributed by atoms with van der Waals surface area (Å²) in [5.74, 6) is -0.517. The zero-order chi connectivity index (χ0) is 26.6. The fraction of sp³-hybridized carbons (Fsp3) is 0.500. The molecule has 0 bridgehead atoms. The maximum absolute atomic E-state index is 14.9. The fourth-order valence-corrected chi connectivity index (χ4v) is 4.99. The summed E-state index contributed by atoms with van der Waals surface area (Å²) in [5, 5.41) is 12.9. The fourth-order valence-electron chi connectivity index (χ4n) is 3.35. The molecule has 1 aliphatic heterocycles. The van der Waals surface area contributed by atoms with E-state index in [9.17, 15) is 23.7 Å². The van der Waals surface area contributed by atoms with E-state index in [2.05, 4.69) is 10.1 Å². The average Bonchev–Trinajstić information content (AvgIpc) is 3.08. The minimum atomic E-state index is -4.26. The molecule has 1 unspecified atom stereocenters. The Balaban J connectivity index is 1.77. The number of alkyl halides is 1. The molecule has 0 saturated carbocycles. The molecule has 1 aliphatic rings. The van der Waals surface area contributed by atoms with E-state index in [0.29, 0.717) is 5.56 Å². The van der Waals surface area contributed by atoms with E-state index in [-0.39, 0.29) is 10.4 Å². The van der Waals surface area contributed by atoms with Crippen LogP contribution in [0.5, 0.6) is 5.75 Å². The van der Waals surface area contributed by atoms with Crippen molar-refractivity contribution in [1.82, 2.24) is 14.6 Å². The summed E-state index contributed by atoms with van der Waals surface area (Å²) in [7, 11) is -4.26. The number of nitrogens with zero attached hydrogens (tertiary/aromatic N) is 1. The summed E-state index contributed by atoms with van der Waals surface area (Å²) < 4.78 is 51.3. The minimum Gasteiger partial charge on any atom is -0.462 e. The van der Waals surface area contributed by atoms with Gasteiger partial charge in [-0.2, -0.15) is 5.09 Å². The number of nitrogens with one attached hydrogen (secondary N) is 2. The summed E-state index contributed by atoms with van der Waals surface area (Å²) in [6.07, 6.45) is -5.58. The number of carbonyl (C=O) groups is 1. The van der Waals surface area contributed by atoms with Gasteiger partial charge in [0.1, 0.15) is 28.6 Å². The smallest absolute Gasteiger partial charge is 0.459 e. The van der Waals surface area contributed by atoms with Gasteiger partial charge in [0.2, 0.25) is 0 Å². The molecule has 0 radical (unpaired) electrons. The number of aromatic nitrogens is 2. The van der Waals surface area contributed by atoms with Crippen LogP contribution in [-0.4, -0.2) is 57.8 Å². The Hall–Kier alpha value is -2.41. The van der Waals surface area contributed by atoms with Crippen LogP contribution in [0.2, 0.25) is 0 Å². The van der Waals surface area contributed by atoms with Gasteiger partial charge in [0, 0.05) is 11.8 Å². The van der Waals surface area contributed by atoms with E-state index < -0.39 is 62.8 Å². The maximum Gasteiger partial charge on any atom is 0.459 e. The lowest BCUT2D eigenvalue weighted by molar-refractivity contribution is -0.149. The van der Waals surface area contributed by atoms with Crippen molar-refractivity contribution in [3.05, 3.63) is 57.2 Å². The molecular weight excluding hydrogens is 516 g/mol. The van der Waals surface area contributed by atoms with Crippen LogP contribution >= 0.6 is 20.0 Å². The Morgan fingerprint density at radius 3 is 2.64 bits per heavy atom. The number of aromatic amines is 1. The molecule has 1 aromatic carbocycles. The standard InChI is InChI=1S/C22H29FN3O8PS/c1-12(2)32-21(28)14(4)25-35(30,34-15-8-6-5-7-9-15)31-11-16-18(27)17(23)20(33-16)26-10-13(3)19(36)24-22(26)29/h5-10,12,14,16-18,20,27H,11H2,1-4H3,(H,25,30)(H,24,29,36)/t14-,16-,17+,18?,20-,35-/m0/s1. The molecule has 3 rings (SSSR count). The van der Waals surface area contributed by atoms with Gasteiger partial charge in [0.15, 0.2) is 12.4 Å². The molecule has 1 saturated heterocycles. The molecule has 0 spiro atoms. The van der Waals surface area contributed by atoms with Gasteiger partial charge in [-0.15, -0.1) is 0 Å². The van der Waals surface area contributed by atoms with E-state index in [1.54, 1.807) is 39.0 Å². The number of aliphatic hydroxyl groups is 1. The molecule has 0 amide bonds. The summed E-state index contributed by atoms with van der Waals surface area (Å²) in [5.41, 5.74) is -0.217. The van der Waals surface area contributed by atoms with Gasteiger partial charge in [0.05, 0.1) is 12.7 Å². The topological polar surface area (TPSA) is 141 Å². The molecule has 11 nitrogen and oxygen atoms in total. The van der Waals surface area contributed by atoms with Crippen LogP contribution in [0, 0.1) is 11.6 Å². The number of rotatable bonds is 10. The van der Waals surface area contributed by atoms with Crippen molar-refractivity contribution < 1.29 is 37.4 Å². The minimum absolute atomic E-state index is 0.175. The number of aliphatic hydroxyl groups excluding tert-OH is 1. The van der Waals surface area contributed by atoms with Crippen molar-refractivity contribution >= 4 is 25.9 Å². The van der Waals surface area contributed by atoms with E-state index in [0.717, 1.165) is 4.57 Å². The molecule has 3 N–H and O–H groups in total. The third-order valence-electron chi connectivity index (χ3n) is 5.15. The normalized spacial score (nSPS) is 24.3. The van der Waals surface area contributed by atoms with Crippen LogP contribution in [0.3, 0.4) is 0 Å². The highest BCUT2D eigenvalue weighted by Gasteiger charge is 2.47. The molecule has 198 valence electrons. The molecular formula is C22H29FN3O8PS. The molecule has 2 heterocycles. The average molecular weight is 546 g/mol. The van der Waals surface area contributed by atoms with Gasteiger partial charge in [-0.1, -0.05) is 30.4 Å². The van der Waals surface area contributed by atoms with E-state index in [1.807, 2.05) is 0 Å². The van der Waals surface area contributed by atoms with Crippen LogP contribution in [0.25, 0.3) is 0 Å². The molecule has 14 heteroatoms. The second kappa shape index (κ2) is 11.8. The first-order valence-corrected chi connectivity index (χ1v) is 13.1. The quantitative estimate of drug-likeness (QED) is 0.232. The van der Waals surface area contributed by atoms with Crippen LogP contribution in [0.15, 0.2) is 41.3 Å². The highest BCUT2D eigenvalue weighted by molar-refractivity contribution is 7.71. The van der Waals surface area contributed by atoms with Crippen LogP contribution in [-0.2, 0) is 23.4 Å². The van der Waals surface area contributed by atoms with Gasteiger partial charge in [-0.3, -0.25) is 18.9 Å². The van der Waals surface area contributed by atoms with Crippen molar-refractivity contribution in [3.63, 3.8) is 0 Å². The van der Waals surface area contributed by atoms with Crippen molar-refractivity contribution in [2.24, 2.45) is 0 Å². The van der Waals surface area contributed by atoms with Gasteiger partial charge in [-0.05, 0) is 39.8 Å². The summed E-state index contributed by atoms with van der Waals surface area (Å²) in [4.78, 5) is 26.9. The predicted octanol–water partition coefficient (Wildman–Crippen LogP) is 2.94. The van der Waals surface area contributed by atoms with Gasteiger partial charge < -0.3 is 19.1 Å². The molecule has 0 aliphatic carbocycles. The van der Waals surface area contributed by atoms with Crippen molar-refractivity contribution in [2.75, 3.05) is 6.61 Å². The van der Waals surface area contributed by atoms with Crippen molar-refractivity contribution in [1.29, 1.82) is 0 Å². The Morgan fingerprint density at radius 2 is 2.00 bits per heavy atom. The third-order valence-corrected chi connectivity index (χ3v) is 7.22. The Kier molecular flexibility index (Phi) is 9.20. The van der Waals surface area contributed by atoms with Gasteiger partial charge >= 0.3 is 19.4 Å². The Bertz CT molecular complexity index is 1220. The van der Waals surface area contributed by atoms with Crippen molar-refractivity contribution in [2.45, 2.75) is 64.4 Å². The van der Waals surface area contributed by atoms with Crippen LogP contribution in [0.1, 0.15) is 32.6 Å². The van der Waals surface area contributed by atoms with Gasteiger partial charge in [-0.25, -0.2) is 13.8 Å². The number of aryl methyl sites for hydroxylation is 1. The first-order valence-electron chi connectivity index (χ1n) is 11.2. The number of para-hydroxylation sites is 1.